The van der Waals surface area contributed by atoms with Crippen molar-refractivity contribution in [1.29, 1.82) is 0 Å². The van der Waals surface area contributed by atoms with Crippen molar-refractivity contribution in [3.63, 3.8) is 0 Å². The molecule has 3 atom stereocenters. The summed E-state index contributed by atoms with van der Waals surface area (Å²) in [7, 11) is 3.14. The average molecular weight is 272 g/mol. The van der Waals surface area contributed by atoms with Gasteiger partial charge in [0.05, 0.1) is 6.10 Å². The van der Waals surface area contributed by atoms with Crippen LogP contribution in [0.2, 0.25) is 0 Å². The second kappa shape index (κ2) is 8.43. The molecule has 110 valence electrons. The highest BCUT2D eigenvalue weighted by molar-refractivity contribution is 5.57. The summed E-state index contributed by atoms with van der Waals surface area (Å²) in [5.41, 5.74) is -0.634. The first-order valence-corrected chi connectivity index (χ1v) is 6.54. The average Bonchev–Trinajstić information content (AvgIpc) is 2.85. The van der Waals surface area contributed by atoms with E-state index in [0.29, 0.717) is 6.42 Å². The minimum absolute atomic E-state index is 0.147. The Hall–Kier alpha value is -0.750. The van der Waals surface area contributed by atoms with Crippen LogP contribution in [0.25, 0.3) is 0 Å². The Morgan fingerprint density at radius 3 is 2.68 bits per heavy atom. The van der Waals surface area contributed by atoms with Crippen LogP contribution in [0.4, 0.5) is 0 Å². The fourth-order valence-corrected chi connectivity index (χ4v) is 2.76. The molecule has 0 radical (unpaired) electrons. The van der Waals surface area contributed by atoms with E-state index in [2.05, 4.69) is 6.58 Å². The summed E-state index contributed by atoms with van der Waals surface area (Å²) in [5.74, 6) is -0.176. The summed E-state index contributed by atoms with van der Waals surface area (Å²) in [6.45, 7) is 4.06. The molecule has 5 heteroatoms. The van der Waals surface area contributed by atoms with Gasteiger partial charge in [-0.3, -0.25) is 0 Å². The maximum absolute atomic E-state index is 11.3. The van der Waals surface area contributed by atoms with E-state index in [-0.39, 0.29) is 25.6 Å². The molecule has 0 aliphatic heterocycles. The molecule has 0 aromatic carbocycles. The van der Waals surface area contributed by atoms with Crippen molar-refractivity contribution < 1.29 is 23.7 Å². The molecule has 0 bridgehead atoms. The minimum Gasteiger partial charge on any atom is -0.359 e. The van der Waals surface area contributed by atoms with E-state index in [1.165, 1.54) is 0 Å². The highest BCUT2D eigenvalue weighted by Gasteiger charge is 2.50. The van der Waals surface area contributed by atoms with Gasteiger partial charge in [0.15, 0.2) is 0 Å². The number of carbonyl (C=O) groups excluding carboxylic acids is 1. The van der Waals surface area contributed by atoms with Gasteiger partial charge in [-0.05, 0) is 25.7 Å². The van der Waals surface area contributed by atoms with E-state index in [0.717, 1.165) is 25.5 Å². The van der Waals surface area contributed by atoms with E-state index in [1.807, 2.05) is 0 Å². The lowest BCUT2D eigenvalue weighted by molar-refractivity contribution is -0.218. The third kappa shape index (κ3) is 3.86. The molecule has 0 aromatic rings. The zero-order chi connectivity index (χ0) is 14.1. The zero-order valence-electron chi connectivity index (χ0n) is 11.8. The lowest BCUT2D eigenvalue weighted by Crippen LogP contribution is -2.50. The van der Waals surface area contributed by atoms with Crippen LogP contribution in [-0.4, -0.2) is 45.8 Å². The molecule has 1 unspecified atom stereocenters. The Labute approximate surface area is 114 Å². The largest absolute Gasteiger partial charge is 0.359 e. The molecule has 1 aliphatic rings. The molecule has 1 aliphatic carbocycles. The summed E-state index contributed by atoms with van der Waals surface area (Å²) in [6, 6.07) is 0. The third-order valence-corrected chi connectivity index (χ3v) is 3.63. The Balaban J connectivity index is 2.89. The quantitative estimate of drug-likeness (QED) is 0.345. The van der Waals surface area contributed by atoms with Gasteiger partial charge in [-0.2, -0.15) is 0 Å². The van der Waals surface area contributed by atoms with Crippen molar-refractivity contribution in [3.8, 4) is 0 Å². The lowest BCUT2D eigenvalue weighted by atomic mass is 9.84. The third-order valence-electron chi connectivity index (χ3n) is 3.63. The fraction of sp³-hybridized carbons (Fsp3) is 0.786. The first-order chi connectivity index (χ1) is 9.25. The molecule has 0 amide bonds. The van der Waals surface area contributed by atoms with Crippen LogP contribution in [-0.2, 0) is 23.7 Å². The second-order valence-electron chi connectivity index (χ2n) is 4.73. The van der Waals surface area contributed by atoms with Crippen molar-refractivity contribution in [2.45, 2.75) is 37.4 Å². The Morgan fingerprint density at radius 2 is 2.11 bits per heavy atom. The van der Waals surface area contributed by atoms with Gasteiger partial charge in [-0.25, -0.2) is 0 Å². The van der Waals surface area contributed by atoms with E-state index >= 15 is 0 Å². The van der Waals surface area contributed by atoms with Crippen molar-refractivity contribution in [3.05, 3.63) is 12.7 Å². The number of hydrogen-bond donors (Lipinski definition) is 0. The Bertz CT molecular complexity index is 281. The predicted molar refractivity (Wildman–Crippen MR) is 70.7 cm³/mol. The lowest BCUT2D eigenvalue weighted by Gasteiger charge is -2.39. The van der Waals surface area contributed by atoms with Crippen LogP contribution < -0.4 is 0 Å². The monoisotopic (exact) mass is 272 g/mol. The molecular formula is C14H24O5. The van der Waals surface area contributed by atoms with E-state index in [1.54, 1.807) is 20.3 Å². The number of hydrogen-bond acceptors (Lipinski definition) is 5. The van der Waals surface area contributed by atoms with Gasteiger partial charge in [0.25, 0.3) is 0 Å². The number of ether oxygens (including phenoxy) is 4. The summed E-state index contributed by atoms with van der Waals surface area (Å²) >= 11 is 0. The second-order valence-corrected chi connectivity index (χ2v) is 4.73. The molecule has 0 spiro atoms. The first kappa shape index (κ1) is 16.3. The number of methoxy groups -OCH3 is 2. The van der Waals surface area contributed by atoms with Crippen molar-refractivity contribution in [1.82, 2.24) is 0 Å². The van der Waals surface area contributed by atoms with Crippen LogP contribution in [0, 0.1) is 5.92 Å². The van der Waals surface area contributed by atoms with Gasteiger partial charge in [0, 0.05) is 20.1 Å². The number of rotatable bonds is 10. The number of aldehydes is 1. The van der Waals surface area contributed by atoms with Gasteiger partial charge < -0.3 is 23.7 Å². The fourth-order valence-electron chi connectivity index (χ4n) is 2.76. The maximum atomic E-state index is 11.3. The molecule has 5 nitrogen and oxygen atoms in total. The van der Waals surface area contributed by atoms with Gasteiger partial charge in [-0.15, -0.1) is 6.58 Å². The molecule has 1 saturated carbocycles. The van der Waals surface area contributed by atoms with E-state index in [4.69, 9.17) is 18.9 Å². The van der Waals surface area contributed by atoms with Crippen LogP contribution in [0.3, 0.4) is 0 Å². The van der Waals surface area contributed by atoms with Gasteiger partial charge in [0.1, 0.15) is 25.5 Å². The molecular weight excluding hydrogens is 248 g/mol. The highest BCUT2D eigenvalue weighted by atomic mass is 16.7. The van der Waals surface area contributed by atoms with E-state index < -0.39 is 5.60 Å². The maximum Gasteiger partial charge on any atom is 0.147 e. The molecule has 1 fully saturated rings. The Kier molecular flexibility index (Phi) is 7.23. The van der Waals surface area contributed by atoms with Crippen LogP contribution >= 0.6 is 0 Å². The molecule has 0 heterocycles. The van der Waals surface area contributed by atoms with Gasteiger partial charge >= 0.3 is 0 Å². The van der Waals surface area contributed by atoms with Crippen molar-refractivity contribution >= 4 is 6.29 Å². The molecule has 19 heavy (non-hydrogen) atoms. The molecule has 0 saturated heterocycles. The number of carbonyl (C=O) groups is 1. The van der Waals surface area contributed by atoms with Gasteiger partial charge in [-0.1, -0.05) is 6.08 Å². The van der Waals surface area contributed by atoms with Crippen LogP contribution in [0.1, 0.15) is 25.7 Å². The SMILES string of the molecule is C=CCC(OCOC)[C@@]1(OCOC)CCC[C@@H]1C=O. The van der Waals surface area contributed by atoms with Crippen LogP contribution in [0.5, 0.6) is 0 Å². The topological polar surface area (TPSA) is 54.0 Å². The predicted octanol–water partition coefficient (Wildman–Crippen LogP) is 1.91. The first-order valence-electron chi connectivity index (χ1n) is 6.54. The standard InChI is InChI=1S/C14H24O5/c1-4-6-13(18-10-16-2)14(19-11-17-3)8-5-7-12(14)9-15/h4,9,12-13H,1,5-8,10-11H2,2-3H3/t12-,13?,14-/m1/s1. The summed E-state index contributed by atoms with van der Waals surface area (Å²) in [6.07, 6.45) is 5.64. The summed E-state index contributed by atoms with van der Waals surface area (Å²) in [5, 5.41) is 0. The van der Waals surface area contributed by atoms with Crippen LogP contribution in [0.15, 0.2) is 12.7 Å². The Morgan fingerprint density at radius 1 is 1.37 bits per heavy atom. The smallest absolute Gasteiger partial charge is 0.147 e. The highest BCUT2D eigenvalue weighted by Crippen LogP contribution is 2.42. The molecule has 0 N–H and O–H groups in total. The van der Waals surface area contributed by atoms with Crippen molar-refractivity contribution in [2.75, 3.05) is 27.8 Å². The zero-order valence-corrected chi connectivity index (χ0v) is 11.8. The summed E-state index contributed by atoms with van der Waals surface area (Å²) in [4.78, 5) is 11.3. The molecule has 1 rings (SSSR count). The van der Waals surface area contributed by atoms with E-state index in [9.17, 15) is 4.79 Å². The van der Waals surface area contributed by atoms with Crippen molar-refractivity contribution in [2.24, 2.45) is 5.92 Å². The molecule has 0 aromatic heterocycles. The summed E-state index contributed by atoms with van der Waals surface area (Å²) < 4.78 is 21.6. The van der Waals surface area contributed by atoms with Gasteiger partial charge in [0.2, 0.25) is 0 Å². The normalized spacial score (nSPS) is 28.2. The minimum atomic E-state index is -0.634.